The maximum Gasteiger partial charge on any atom is 0.0831 e. The van der Waals surface area contributed by atoms with Crippen molar-refractivity contribution >= 4 is 0 Å². The van der Waals surface area contributed by atoms with Crippen LogP contribution in [0, 0.1) is 0 Å². The van der Waals surface area contributed by atoms with Crippen LogP contribution in [0.25, 0.3) is 0 Å². The van der Waals surface area contributed by atoms with Crippen LogP contribution in [0.4, 0.5) is 0 Å². The molecule has 1 fully saturated rings. The molecule has 1 aliphatic heterocycles. The highest BCUT2D eigenvalue weighted by Crippen LogP contribution is 2.12. The molecule has 0 aliphatic carbocycles. The molecule has 0 saturated carbocycles. The van der Waals surface area contributed by atoms with Gasteiger partial charge in [-0.3, -0.25) is 0 Å². The van der Waals surface area contributed by atoms with E-state index in [0.29, 0.717) is 78.8 Å². The lowest BCUT2D eigenvalue weighted by molar-refractivity contribution is -0.0183. The Morgan fingerprint density at radius 2 is 0.917 bits per heavy atom. The number of hydrogen-bond donors (Lipinski definition) is 1. The van der Waals surface area contributed by atoms with Crippen LogP contribution in [0.15, 0.2) is 0 Å². The maximum absolute atomic E-state index is 8.50. The lowest BCUT2D eigenvalue weighted by Gasteiger charge is -2.08. The van der Waals surface area contributed by atoms with Crippen molar-refractivity contribution in [2.24, 2.45) is 0 Å². The first kappa shape index (κ1) is 21.7. The first-order valence-electron chi connectivity index (χ1n) is 8.62. The fraction of sp³-hybridized carbons (Fsp3) is 1.00. The van der Waals surface area contributed by atoms with Crippen LogP contribution in [0.3, 0.4) is 0 Å². The normalized spacial score (nSPS) is 16.6. The van der Waals surface area contributed by atoms with Crippen LogP contribution in [-0.2, 0) is 33.2 Å². The van der Waals surface area contributed by atoms with Gasteiger partial charge >= 0.3 is 0 Å². The molecule has 8 heteroatoms. The summed E-state index contributed by atoms with van der Waals surface area (Å²) in [5.41, 5.74) is 0. The van der Waals surface area contributed by atoms with Gasteiger partial charge in [-0.25, -0.2) is 0 Å². The van der Waals surface area contributed by atoms with Crippen LogP contribution in [0.2, 0.25) is 0 Å². The SMILES string of the molecule is OCCOCCOCCOCCOCCOCCOCCC1CO1. The third kappa shape index (κ3) is 16.5. The van der Waals surface area contributed by atoms with E-state index < -0.39 is 0 Å². The van der Waals surface area contributed by atoms with Crippen molar-refractivity contribution < 1.29 is 38.3 Å². The monoisotopic (exact) mass is 352 g/mol. The van der Waals surface area contributed by atoms with Crippen molar-refractivity contribution in [3.05, 3.63) is 0 Å². The Bertz CT molecular complexity index is 250. The molecule has 0 aromatic carbocycles. The average Bonchev–Trinajstić information content (AvgIpc) is 3.41. The molecule has 1 atom stereocenters. The number of aliphatic hydroxyl groups is 1. The first-order valence-corrected chi connectivity index (χ1v) is 8.62. The molecule has 1 heterocycles. The molecular formula is C16H32O8. The van der Waals surface area contributed by atoms with E-state index in [9.17, 15) is 0 Å². The van der Waals surface area contributed by atoms with E-state index in [0.717, 1.165) is 19.6 Å². The fourth-order valence-corrected chi connectivity index (χ4v) is 1.72. The molecule has 0 bridgehead atoms. The highest BCUT2D eigenvalue weighted by molar-refractivity contribution is 4.67. The summed E-state index contributed by atoms with van der Waals surface area (Å²) in [4.78, 5) is 0. The van der Waals surface area contributed by atoms with Gasteiger partial charge in [0, 0.05) is 6.61 Å². The van der Waals surface area contributed by atoms with Crippen LogP contribution in [-0.4, -0.2) is 104 Å². The van der Waals surface area contributed by atoms with Crippen molar-refractivity contribution in [1.82, 2.24) is 0 Å². The molecular weight excluding hydrogens is 320 g/mol. The quantitative estimate of drug-likeness (QED) is 0.239. The Balaban J connectivity index is 1.59. The maximum atomic E-state index is 8.50. The van der Waals surface area contributed by atoms with Crippen molar-refractivity contribution in [2.75, 3.05) is 92.5 Å². The first-order chi connectivity index (χ1) is 11.9. The zero-order valence-corrected chi connectivity index (χ0v) is 14.5. The fourth-order valence-electron chi connectivity index (χ4n) is 1.72. The predicted octanol–water partition coefficient (Wildman–Crippen LogP) is -0.133. The van der Waals surface area contributed by atoms with E-state index in [1.807, 2.05) is 0 Å². The number of hydrogen-bond acceptors (Lipinski definition) is 8. The zero-order valence-electron chi connectivity index (χ0n) is 14.5. The minimum absolute atomic E-state index is 0.0398. The number of rotatable bonds is 20. The Labute approximate surface area is 144 Å². The third-order valence-electron chi connectivity index (χ3n) is 3.08. The Morgan fingerprint density at radius 3 is 1.25 bits per heavy atom. The van der Waals surface area contributed by atoms with Crippen LogP contribution in [0.1, 0.15) is 6.42 Å². The second-order valence-corrected chi connectivity index (χ2v) is 5.14. The van der Waals surface area contributed by atoms with E-state index >= 15 is 0 Å². The van der Waals surface area contributed by atoms with Gasteiger partial charge in [-0.05, 0) is 6.42 Å². The number of ether oxygens (including phenoxy) is 7. The molecule has 1 saturated heterocycles. The minimum atomic E-state index is 0.0398. The molecule has 0 spiro atoms. The Morgan fingerprint density at radius 1 is 0.583 bits per heavy atom. The second-order valence-electron chi connectivity index (χ2n) is 5.14. The summed E-state index contributed by atoms with van der Waals surface area (Å²) in [6.45, 7) is 7.46. The van der Waals surface area contributed by atoms with Gasteiger partial charge in [0.15, 0.2) is 0 Å². The van der Waals surface area contributed by atoms with Crippen molar-refractivity contribution in [3.63, 3.8) is 0 Å². The summed E-state index contributed by atoms with van der Waals surface area (Å²) in [6, 6.07) is 0. The minimum Gasteiger partial charge on any atom is -0.394 e. The summed E-state index contributed by atoms with van der Waals surface area (Å²) in [5.74, 6) is 0. The van der Waals surface area contributed by atoms with Crippen LogP contribution < -0.4 is 0 Å². The molecule has 1 aliphatic rings. The number of epoxide rings is 1. The standard InChI is InChI=1S/C16H32O8/c17-2-4-19-6-8-21-10-12-23-14-13-22-11-9-20-7-5-18-3-1-16-15-24-16/h16-17H,1-15H2. The van der Waals surface area contributed by atoms with Gasteiger partial charge in [0.1, 0.15) is 0 Å². The van der Waals surface area contributed by atoms with Gasteiger partial charge in [-0.15, -0.1) is 0 Å². The molecule has 1 N–H and O–H groups in total. The van der Waals surface area contributed by atoms with E-state index in [4.69, 9.17) is 38.3 Å². The second kappa shape index (κ2) is 17.5. The summed E-state index contributed by atoms with van der Waals surface area (Å²) >= 11 is 0. The van der Waals surface area contributed by atoms with E-state index in [1.54, 1.807) is 0 Å². The predicted molar refractivity (Wildman–Crippen MR) is 86.4 cm³/mol. The van der Waals surface area contributed by atoms with Gasteiger partial charge in [-0.2, -0.15) is 0 Å². The van der Waals surface area contributed by atoms with E-state index in [-0.39, 0.29) is 6.61 Å². The molecule has 144 valence electrons. The summed E-state index contributed by atoms with van der Waals surface area (Å²) in [6.07, 6.45) is 1.41. The molecule has 1 unspecified atom stereocenters. The van der Waals surface area contributed by atoms with Crippen LogP contribution >= 0.6 is 0 Å². The van der Waals surface area contributed by atoms with E-state index in [2.05, 4.69) is 0 Å². The van der Waals surface area contributed by atoms with Gasteiger partial charge in [0.05, 0.1) is 92.0 Å². The van der Waals surface area contributed by atoms with Crippen molar-refractivity contribution in [1.29, 1.82) is 0 Å². The lowest BCUT2D eigenvalue weighted by Crippen LogP contribution is -2.14. The summed E-state index contributed by atoms with van der Waals surface area (Å²) < 4.78 is 37.0. The largest absolute Gasteiger partial charge is 0.394 e. The van der Waals surface area contributed by atoms with Crippen molar-refractivity contribution in [2.45, 2.75) is 12.5 Å². The zero-order chi connectivity index (χ0) is 17.1. The molecule has 0 aromatic heterocycles. The lowest BCUT2D eigenvalue weighted by atomic mass is 10.3. The smallest absolute Gasteiger partial charge is 0.0831 e. The van der Waals surface area contributed by atoms with Gasteiger partial charge in [-0.1, -0.05) is 0 Å². The summed E-state index contributed by atoms with van der Waals surface area (Å²) in [7, 11) is 0. The Kier molecular flexibility index (Phi) is 15.8. The van der Waals surface area contributed by atoms with Gasteiger partial charge in [0.2, 0.25) is 0 Å². The van der Waals surface area contributed by atoms with E-state index in [1.165, 1.54) is 0 Å². The van der Waals surface area contributed by atoms with Crippen molar-refractivity contribution in [3.8, 4) is 0 Å². The summed E-state index contributed by atoms with van der Waals surface area (Å²) in [5, 5.41) is 8.50. The van der Waals surface area contributed by atoms with Crippen LogP contribution in [0.5, 0.6) is 0 Å². The average molecular weight is 352 g/mol. The molecule has 0 radical (unpaired) electrons. The third-order valence-corrected chi connectivity index (χ3v) is 3.08. The molecule has 24 heavy (non-hydrogen) atoms. The van der Waals surface area contributed by atoms with Gasteiger partial charge < -0.3 is 38.3 Å². The molecule has 0 aromatic rings. The molecule has 1 rings (SSSR count). The molecule has 8 nitrogen and oxygen atoms in total. The Hall–Kier alpha value is -0.320. The molecule has 0 amide bonds. The number of aliphatic hydroxyl groups excluding tert-OH is 1. The van der Waals surface area contributed by atoms with Gasteiger partial charge in [0.25, 0.3) is 0 Å². The topological polar surface area (TPSA) is 88.1 Å². The highest BCUT2D eigenvalue weighted by atomic mass is 16.6. The highest BCUT2D eigenvalue weighted by Gasteiger charge is 2.21.